The van der Waals surface area contributed by atoms with E-state index in [1.165, 1.54) is 23.8 Å². The fraction of sp³-hybridized carbons (Fsp3) is 0.429. The molecule has 0 amide bonds. The quantitative estimate of drug-likeness (QED) is 0.536. The predicted octanol–water partition coefficient (Wildman–Crippen LogP) is 0.0615. The van der Waals surface area contributed by atoms with Gasteiger partial charge in [0.2, 0.25) is 11.6 Å². The number of fused-ring (bicyclic) bond motifs is 1. The zero-order chi connectivity index (χ0) is 17.6. The molecule has 1 fully saturated rings. The molecule has 2 aromatic rings. The number of alkyl halides is 1. The van der Waals surface area contributed by atoms with Crippen LogP contribution in [0.3, 0.4) is 0 Å². The van der Waals surface area contributed by atoms with E-state index in [2.05, 4.69) is 15.1 Å². The first-order valence-electron chi connectivity index (χ1n) is 7.02. The Labute approximate surface area is 134 Å². The van der Waals surface area contributed by atoms with Crippen LogP contribution in [0.15, 0.2) is 22.2 Å². The molecule has 1 aliphatic heterocycles. The lowest BCUT2D eigenvalue weighted by atomic mass is 9.94. The number of aromatic nitrogens is 3. The molecule has 3 rings (SSSR count). The van der Waals surface area contributed by atoms with Crippen LogP contribution >= 0.6 is 0 Å². The van der Waals surface area contributed by atoms with Crippen molar-refractivity contribution < 1.29 is 14.2 Å². The van der Waals surface area contributed by atoms with Crippen molar-refractivity contribution in [2.45, 2.75) is 37.1 Å². The lowest BCUT2D eigenvalue weighted by Crippen LogP contribution is -2.43. The van der Waals surface area contributed by atoms with Gasteiger partial charge >= 0.3 is 0 Å². The summed E-state index contributed by atoms with van der Waals surface area (Å²) in [4.78, 5) is 28.9. The Hall–Kier alpha value is -2.77. The van der Waals surface area contributed by atoms with Crippen LogP contribution in [0.25, 0.3) is 11.0 Å². The first kappa shape index (κ1) is 16.1. The van der Waals surface area contributed by atoms with E-state index >= 15 is 4.39 Å². The Balaban J connectivity index is 2.16. The number of ether oxygens (including phenoxy) is 1. The maximum atomic E-state index is 15.2. The average molecular weight is 335 g/mol. The van der Waals surface area contributed by atoms with E-state index < -0.39 is 35.7 Å². The minimum Gasteiger partial charge on any atom is -0.386 e. The van der Waals surface area contributed by atoms with Crippen molar-refractivity contribution in [3.05, 3.63) is 27.5 Å². The van der Waals surface area contributed by atoms with Crippen LogP contribution in [0.4, 0.5) is 10.3 Å². The van der Waals surface area contributed by atoms with Crippen molar-refractivity contribution in [2.75, 3.05) is 5.73 Å². The fourth-order valence-electron chi connectivity index (χ4n) is 2.82. The topological polar surface area (TPSA) is 136 Å². The van der Waals surface area contributed by atoms with Gasteiger partial charge in [-0.2, -0.15) is 9.89 Å². The Morgan fingerprint density at radius 2 is 2.42 bits per heavy atom. The average Bonchev–Trinajstić information content (AvgIpc) is 3.07. The summed E-state index contributed by atoms with van der Waals surface area (Å²) in [6.45, 7) is 1.37. The Bertz CT molecular complexity index is 903. The summed E-state index contributed by atoms with van der Waals surface area (Å²) in [5.74, 6) is 1.71. The molecule has 5 atom stereocenters. The highest BCUT2D eigenvalue weighted by atomic mass is 19.1. The van der Waals surface area contributed by atoms with E-state index in [1.54, 1.807) is 0 Å². The largest absolute Gasteiger partial charge is 0.386 e. The third kappa shape index (κ3) is 2.10. The first-order chi connectivity index (χ1) is 11.3. The number of nitrogens with two attached hydrogens (primary N) is 1. The number of rotatable bonds is 3. The van der Waals surface area contributed by atoms with Gasteiger partial charge in [0.15, 0.2) is 11.9 Å². The zero-order valence-electron chi connectivity index (χ0n) is 12.5. The van der Waals surface area contributed by atoms with E-state index in [-0.39, 0.29) is 17.0 Å². The lowest BCUT2D eigenvalue weighted by Gasteiger charge is -2.24. The van der Waals surface area contributed by atoms with E-state index in [0.717, 1.165) is 0 Å². The number of aromatic amines is 1. The molecule has 1 unspecified atom stereocenters. The maximum absolute atomic E-state index is 15.2. The fourth-order valence-corrected chi connectivity index (χ4v) is 2.82. The van der Waals surface area contributed by atoms with Gasteiger partial charge in [0.1, 0.15) is 18.2 Å². The summed E-state index contributed by atoms with van der Waals surface area (Å²) >= 11 is 0. The third-order valence-corrected chi connectivity index (χ3v) is 4.10. The highest BCUT2D eigenvalue weighted by Gasteiger charge is 2.59. The van der Waals surface area contributed by atoms with Gasteiger partial charge in [0, 0.05) is 6.20 Å². The molecule has 0 bridgehead atoms. The normalized spacial score (nSPS) is 31.0. The first-order valence-corrected chi connectivity index (χ1v) is 7.02. The van der Waals surface area contributed by atoms with E-state index in [1.807, 2.05) is 5.92 Å². The summed E-state index contributed by atoms with van der Waals surface area (Å²) in [5, 5.41) is 13.1. The van der Waals surface area contributed by atoms with E-state index in [9.17, 15) is 14.8 Å². The number of terminal acetylenes is 1. The molecule has 1 saturated heterocycles. The molecule has 10 heteroatoms. The number of hydrogen-bond donors (Lipinski definition) is 3. The van der Waals surface area contributed by atoms with E-state index in [4.69, 9.17) is 16.9 Å². The molecule has 1 aliphatic rings. The second kappa shape index (κ2) is 5.40. The number of nitrogens with zero attached hydrogens (tertiary/aromatic N) is 3. The number of nitrogen functional groups attached to an aromatic ring is 1. The molecule has 0 aromatic carbocycles. The van der Waals surface area contributed by atoms with Crippen molar-refractivity contribution in [1.82, 2.24) is 14.5 Å². The molecule has 126 valence electrons. The summed E-state index contributed by atoms with van der Waals surface area (Å²) in [6.07, 6.45) is 2.08. The zero-order valence-corrected chi connectivity index (χ0v) is 12.5. The molecule has 2 aromatic heterocycles. The number of halogens is 1. The minimum absolute atomic E-state index is 0.0399. The lowest BCUT2D eigenvalue weighted by molar-refractivity contribution is -0.0383. The van der Waals surface area contributed by atoms with Crippen LogP contribution in [0, 0.1) is 17.3 Å². The SMILES string of the molecule is C#C[C@@]1(F)C(O)[C@@H]([C@@H](C)N=O)O[C@H]1n1ccc2c(=O)[nH]c(N)nc21. The second-order valence-corrected chi connectivity index (χ2v) is 5.57. The van der Waals surface area contributed by atoms with Crippen molar-refractivity contribution >= 4 is 17.0 Å². The standard InChI is InChI=1S/C14H14FN5O4/c1-3-14(15)9(21)8(6(2)19-23)24-12(14)20-5-4-7-10(20)17-13(16)18-11(7)22/h1,4-6,8-9,12,21H,2H3,(H3,16,17,18,22)/t6-,8-,9?,12-,14-/m1/s1. The van der Waals surface area contributed by atoms with Gasteiger partial charge in [0.05, 0.1) is 5.39 Å². The van der Waals surface area contributed by atoms with Crippen LogP contribution in [-0.4, -0.2) is 43.6 Å². The molecule has 9 nitrogen and oxygen atoms in total. The Morgan fingerprint density at radius 3 is 3.04 bits per heavy atom. The third-order valence-electron chi connectivity index (χ3n) is 4.10. The molecule has 4 N–H and O–H groups in total. The monoisotopic (exact) mass is 335 g/mol. The van der Waals surface area contributed by atoms with Crippen LogP contribution < -0.4 is 11.3 Å². The highest BCUT2D eigenvalue weighted by Crippen LogP contribution is 2.43. The molecule has 0 spiro atoms. The Morgan fingerprint density at radius 1 is 1.71 bits per heavy atom. The van der Waals surface area contributed by atoms with Crippen LogP contribution in [0.2, 0.25) is 0 Å². The number of aliphatic hydroxyl groups is 1. The number of H-pyrrole nitrogens is 1. The molecular formula is C14H14FN5O4. The number of nitroso groups, excluding NO2 is 1. The van der Waals surface area contributed by atoms with Crippen molar-refractivity contribution in [2.24, 2.45) is 5.18 Å². The van der Waals surface area contributed by atoms with Gasteiger partial charge in [0.25, 0.3) is 5.56 Å². The number of anilines is 1. The molecule has 3 heterocycles. The Kier molecular flexibility index (Phi) is 3.62. The summed E-state index contributed by atoms with van der Waals surface area (Å²) in [5.41, 5.74) is 2.40. The van der Waals surface area contributed by atoms with Gasteiger partial charge in [-0.15, -0.1) is 6.42 Å². The molecular weight excluding hydrogens is 321 g/mol. The molecule has 0 aliphatic carbocycles. The molecule has 0 radical (unpaired) electrons. The minimum atomic E-state index is -2.64. The molecule has 24 heavy (non-hydrogen) atoms. The van der Waals surface area contributed by atoms with Crippen LogP contribution in [0.1, 0.15) is 13.2 Å². The molecule has 0 saturated carbocycles. The van der Waals surface area contributed by atoms with E-state index in [0.29, 0.717) is 0 Å². The highest BCUT2D eigenvalue weighted by molar-refractivity contribution is 5.76. The number of hydrogen-bond acceptors (Lipinski definition) is 7. The number of aliphatic hydroxyl groups excluding tert-OH is 1. The van der Waals surface area contributed by atoms with Gasteiger partial charge in [-0.05, 0) is 13.0 Å². The van der Waals surface area contributed by atoms with Crippen molar-refractivity contribution in [1.29, 1.82) is 0 Å². The van der Waals surface area contributed by atoms with Gasteiger partial charge in [-0.3, -0.25) is 9.78 Å². The predicted molar refractivity (Wildman–Crippen MR) is 82.6 cm³/mol. The van der Waals surface area contributed by atoms with Gasteiger partial charge in [-0.1, -0.05) is 11.1 Å². The van der Waals surface area contributed by atoms with Crippen molar-refractivity contribution in [3.63, 3.8) is 0 Å². The van der Waals surface area contributed by atoms with Crippen LogP contribution in [-0.2, 0) is 4.74 Å². The second-order valence-electron chi connectivity index (χ2n) is 5.57. The summed E-state index contributed by atoms with van der Waals surface area (Å²) < 4.78 is 21.9. The van der Waals surface area contributed by atoms with Crippen LogP contribution in [0.5, 0.6) is 0 Å². The summed E-state index contributed by atoms with van der Waals surface area (Å²) in [6, 6.07) is 0.360. The van der Waals surface area contributed by atoms with Crippen molar-refractivity contribution in [3.8, 4) is 12.3 Å². The maximum Gasteiger partial charge on any atom is 0.261 e. The van der Waals surface area contributed by atoms with Gasteiger partial charge < -0.3 is 20.1 Å². The van der Waals surface area contributed by atoms with Gasteiger partial charge in [-0.25, -0.2) is 4.39 Å². The summed E-state index contributed by atoms with van der Waals surface area (Å²) in [7, 11) is 0. The smallest absolute Gasteiger partial charge is 0.261 e. The number of nitrogens with one attached hydrogen (secondary N) is 1.